The molecule has 2 aromatic rings. The van der Waals surface area contributed by atoms with E-state index in [1.54, 1.807) is 0 Å². The molecule has 0 radical (unpaired) electrons. The maximum absolute atomic E-state index is 13.5. The predicted molar refractivity (Wildman–Crippen MR) is 72.7 cm³/mol. The van der Waals surface area contributed by atoms with Crippen molar-refractivity contribution in [3.63, 3.8) is 0 Å². The zero-order valence-corrected chi connectivity index (χ0v) is 10.2. The van der Waals surface area contributed by atoms with Gasteiger partial charge < -0.3 is 4.90 Å². The highest BCUT2D eigenvalue weighted by Gasteiger charge is 2.26. The number of anilines is 1. The summed E-state index contributed by atoms with van der Waals surface area (Å²) in [5.74, 6) is 0. The van der Waals surface area contributed by atoms with Crippen LogP contribution in [0, 0.1) is 0 Å². The van der Waals surface area contributed by atoms with Gasteiger partial charge in [0.05, 0.1) is 6.04 Å². The smallest absolute Gasteiger partial charge is 0.114 e. The highest BCUT2D eigenvalue weighted by molar-refractivity contribution is 5.52. The van der Waals surface area contributed by atoms with Gasteiger partial charge in [-0.3, -0.25) is 0 Å². The molecule has 18 heavy (non-hydrogen) atoms. The van der Waals surface area contributed by atoms with Crippen molar-refractivity contribution < 1.29 is 4.39 Å². The summed E-state index contributed by atoms with van der Waals surface area (Å²) in [6, 6.07) is 18.2. The van der Waals surface area contributed by atoms with Crippen molar-refractivity contribution >= 4 is 5.69 Å². The van der Waals surface area contributed by atoms with Gasteiger partial charge in [0.1, 0.15) is 6.67 Å². The predicted octanol–water partition coefficient (Wildman–Crippen LogP) is 3.76. The summed E-state index contributed by atoms with van der Waals surface area (Å²) >= 11 is 0. The van der Waals surface area contributed by atoms with E-state index in [4.69, 9.17) is 0 Å². The van der Waals surface area contributed by atoms with Gasteiger partial charge in [0.25, 0.3) is 0 Å². The normalized spacial score (nSPS) is 18.5. The van der Waals surface area contributed by atoms with Crippen LogP contribution in [-0.2, 0) is 6.42 Å². The van der Waals surface area contributed by atoms with Gasteiger partial charge in [0.2, 0.25) is 0 Å². The summed E-state index contributed by atoms with van der Waals surface area (Å²) < 4.78 is 13.5. The molecule has 0 fully saturated rings. The van der Waals surface area contributed by atoms with Gasteiger partial charge in [-0.25, -0.2) is 4.39 Å². The topological polar surface area (TPSA) is 3.24 Å². The summed E-state index contributed by atoms with van der Waals surface area (Å²) in [4.78, 5) is 2.17. The lowest BCUT2D eigenvalue weighted by Gasteiger charge is -2.37. The van der Waals surface area contributed by atoms with E-state index >= 15 is 0 Å². The Bertz CT molecular complexity index is 524. The molecule has 0 aliphatic carbocycles. The number of hydrogen-bond donors (Lipinski definition) is 0. The van der Waals surface area contributed by atoms with Crippen LogP contribution < -0.4 is 4.90 Å². The first-order chi connectivity index (χ1) is 8.90. The Hall–Kier alpha value is -1.83. The first-order valence-electron chi connectivity index (χ1n) is 6.35. The first kappa shape index (κ1) is 11.3. The maximum atomic E-state index is 13.5. The average Bonchev–Trinajstić information content (AvgIpc) is 2.47. The molecular formula is C16H16FN. The molecule has 0 spiro atoms. The molecule has 3 rings (SSSR count). The fourth-order valence-corrected chi connectivity index (χ4v) is 2.75. The summed E-state index contributed by atoms with van der Waals surface area (Å²) in [6.45, 7) is 0.543. The SMILES string of the molecule is FCC1c2ccccc2CCN1c1ccccc1. The summed E-state index contributed by atoms with van der Waals surface area (Å²) in [6.07, 6.45) is 0.988. The van der Waals surface area contributed by atoms with E-state index in [1.807, 2.05) is 30.3 Å². The van der Waals surface area contributed by atoms with Crippen LogP contribution in [0.2, 0.25) is 0 Å². The lowest BCUT2D eigenvalue weighted by molar-refractivity contribution is 0.406. The molecule has 0 N–H and O–H groups in total. The van der Waals surface area contributed by atoms with Crippen LogP contribution >= 0.6 is 0 Å². The van der Waals surface area contributed by atoms with Crippen LogP contribution in [0.3, 0.4) is 0 Å². The van der Waals surface area contributed by atoms with Crippen LogP contribution in [-0.4, -0.2) is 13.2 Å². The lowest BCUT2D eigenvalue weighted by atomic mass is 9.93. The number of halogens is 1. The fraction of sp³-hybridized carbons (Fsp3) is 0.250. The number of rotatable bonds is 2. The van der Waals surface area contributed by atoms with Crippen LogP contribution in [0.4, 0.5) is 10.1 Å². The number of nitrogens with zero attached hydrogens (tertiary/aromatic N) is 1. The van der Waals surface area contributed by atoms with Crippen molar-refractivity contribution in [2.24, 2.45) is 0 Å². The van der Waals surface area contributed by atoms with Crippen LogP contribution in [0.15, 0.2) is 54.6 Å². The van der Waals surface area contributed by atoms with Crippen molar-refractivity contribution in [3.8, 4) is 0 Å². The van der Waals surface area contributed by atoms with E-state index in [1.165, 1.54) is 5.56 Å². The average molecular weight is 241 g/mol. The van der Waals surface area contributed by atoms with Crippen LogP contribution in [0.25, 0.3) is 0 Å². The summed E-state index contributed by atoms with van der Waals surface area (Å²) in [7, 11) is 0. The Kier molecular flexibility index (Phi) is 3.01. The molecule has 2 aromatic carbocycles. The number of hydrogen-bond acceptors (Lipinski definition) is 1. The van der Waals surface area contributed by atoms with Gasteiger partial charge in [0.15, 0.2) is 0 Å². The molecule has 92 valence electrons. The van der Waals surface area contributed by atoms with Crippen molar-refractivity contribution in [1.29, 1.82) is 0 Å². The Morgan fingerprint density at radius 1 is 1.00 bits per heavy atom. The fourth-order valence-electron chi connectivity index (χ4n) is 2.75. The van der Waals surface area contributed by atoms with Crippen LogP contribution in [0.1, 0.15) is 17.2 Å². The van der Waals surface area contributed by atoms with Gasteiger partial charge in [-0.15, -0.1) is 0 Å². The summed E-state index contributed by atoms with van der Waals surface area (Å²) in [5.41, 5.74) is 3.53. The number of benzene rings is 2. The molecule has 0 saturated carbocycles. The maximum Gasteiger partial charge on any atom is 0.114 e. The number of alkyl halides is 1. The van der Waals surface area contributed by atoms with E-state index in [0.29, 0.717) is 0 Å². The van der Waals surface area contributed by atoms with Gasteiger partial charge in [0, 0.05) is 12.2 Å². The quantitative estimate of drug-likeness (QED) is 0.773. The Labute approximate surface area is 107 Å². The van der Waals surface area contributed by atoms with Gasteiger partial charge in [-0.2, -0.15) is 0 Å². The number of fused-ring (bicyclic) bond motifs is 1. The third-order valence-electron chi connectivity index (χ3n) is 3.65. The summed E-state index contributed by atoms with van der Waals surface area (Å²) in [5, 5.41) is 0. The monoisotopic (exact) mass is 241 g/mol. The highest BCUT2D eigenvalue weighted by atomic mass is 19.1. The molecule has 0 bridgehead atoms. The second-order valence-electron chi connectivity index (χ2n) is 4.65. The van der Waals surface area contributed by atoms with Crippen molar-refractivity contribution in [1.82, 2.24) is 0 Å². The third kappa shape index (κ3) is 1.88. The van der Waals surface area contributed by atoms with E-state index in [-0.39, 0.29) is 12.7 Å². The Morgan fingerprint density at radius 2 is 1.72 bits per heavy atom. The number of para-hydroxylation sites is 1. The second-order valence-corrected chi connectivity index (χ2v) is 4.65. The van der Waals surface area contributed by atoms with E-state index in [0.717, 1.165) is 24.2 Å². The molecule has 1 nitrogen and oxygen atoms in total. The lowest BCUT2D eigenvalue weighted by Crippen LogP contribution is -2.36. The standard InChI is InChI=1S/C16H16FN/c17-12-16-15-9-5-4-6-13(15)10-11-18(16)14-7-2-1-3-8-14/h1-9,16H,10-12H2. The van der Waals surface area contributed by atoms with E-state index < -0.39 is 0 Å². The second kappa shape index (κ2) is 4.81. The third-order valence-corrected chi connectivity index (χ3v) is 3.65. The molecule has 1 unspecified atom stereocenters. The van der Waals surface area contributed by atoms with Crippen molar-refractivity contribution in [2.45, 2.75) is 12.5 Å². The Balaban J connectivity index is 2.00. The molecule has 1 heterocycles. The molecule has 0 amide bonds. The van der Waals surface area contributed by atoms with Gasteiger partial charge in [-0.05, 0) is 29.7 Å². The minimum atomic E-state index is -0.341. The van der Waals surface area contributed by atoms with Gasteiger partial charge >= 0.3 is 0 Å². The molecule has 1 atom stereocenters. The highest BCUT2D eigenvalue weighted by Crippen LogP contribution is 2.33. The molecule has 1 aliphatic heterocycles. The van der Waals surface area contributed by atoms with E-state index in [2.05, 4.69) is 29.2 Å². The zero-order valence-electron chi connectivity index (χ0n) is 10.2. The van der Waals surface area contributed by atoms with Crippen LogP contribution in [0.5, 0.6) is 0 Å². The largest absolute Gasteiger partial charge is 0.361 e. The molecule has 2 heteroatoms. The van der Waals surface area contributed by atoms with E-state index in [9.17, 15) is 4.39 Å². The minimum Gasteiger partial charge on any atom is -0.361 e. The zero-order chi connectivity index (χ0) is 12.4. The molecule has 0 aromatic heterocycles. The first-order valence-corrected chi connectivity index (χ1v) is 6.35. The minimum absolute atomic E-state index is 0.141. The molecular weight excluding hydrogens is 225 g/mol. The molecule has 0 saturated heterocycles. The Morgan fingerprint density at radius 3 is 2.50 bits per heavy atom. The van der Waals surface area contributed by atoms with Crippen molar-refractivity contribution in [3.05, 3.63) is 65.7 Å². The molecule has 1 aliphatic rings. The van der Waals surface area contributed by atoms with Crippen molar-refractivity contribution in [2.75, 3.05) is 18.1 Å². The van der Waals surface area contributed by atoms with Gasteiger partial charge in [-0.1, -0.05) is 42.5 Å².